The molecule has 0 heterocycles. The minimum Gasteiger partial charge on any atom is -0.469 e. The molecule has 0 bridgehead atoms. The monoisotopic (exact) mass is 233 g/mol. The molecule has 16 heavy (non-hydrogen) atoms. The summed E-state index contributed by atoms with van der Waals surface area (Å²) in [6, 6.07) is -1.32. The van der Waals surface area contributed by atoms with Gasteiger partial charge in [0.2, 0.25) is 0 Å². The first-order valence-corrected chi connectivity index (χ1v) is 4.43. The van der Waals surface area contributed by atoms with Crippen LogP contribution < -0.4 is 5.32 Å². The summed E-state index contributed by atoms with van der Waals surface area (Å²) in [6.07, 6.45) is -1.42. The second-order valence-corrected chi connectivity index (χ2v) is 3.62. The van der Waals surface area contributed by atoms with E-state index in [0.717, 1.165) is 14.2 Å². The van der Waals surface area contributed by atoms with Crippen LogP contribution in [0.4, 0.5) is 4.79 Å². The molecular weight excluding hydrogens is 218 g/mol. The summed E-state index contributed by atoms with van der Waals surface area (Å²) in [5, 5.41) is 10.5. The maximum absolute atomic E-state index is 11.4. The molecule has 0 fully saturated rings. The van der Waals surface area contributed by atoms with E-state index in [9.17, 15) is 14.4 Å². The highest BCUT2D eigenvalue weighted by atomic mass is 16.5. The zero-order valence-electron chi connectivity index (χ0n) is 9.57. The van der Waals surface area contributed by atoms with Crippen molar-refractivity contribution in [3.8, 4) is 0 Å². The Morgan fingerprint density at radius 3 is 2.00 bits per heavy atom. The van der Waals surface area contributed by atoms with Crippen LogP contribution in [-0.4, -0.2) is 43.4 Å². The Morgan fingerprint density at radius 2 is 1.69 bits per heavy atom. The summed E-state index contributed by atoms with van der Waals surface area (Å²) in [5.74, 6) is -1.56. The summed E-state index contributed by atoms with van der Waals surface area (Å²) < 4.78 is 8.91. The molecule has 92 valence electrons. The molecule has 1 amide bonds. The lowest BCUT2D eigenvalue weighted by atomic mass is 9.84. The average Bonchev–Trinajstić information content (AvgIpc) is 2.23. The van der Waals surface area contributed by atoms with E-state index in [1.807, 2.05) is 5.32 Å². The van der Waals surface area contributed by atoms with Crippen molar-refractivity contribution in [1.82, 2.24) is 5.32 Å². The molecule has 0 aromatic carbocycles. The van der Waals surface area contributed by atoms with E-state index in [0.29, 0.717) is 0 Å². The van der Waals surface area contributed by atoms with Crippen LogP contribution >= 0.6 is 0 Å². The maximum Gasteiger partial charge on any atom is 0.405 e. The number of rotatable bonds is 4. The number of carbonyl (C=O) groups excluding carboxylic acids is 2. The molecule has 0 aromatic heterocycles. The zero-order chi connectivity index (χ0) is 12.9. The van der Waals surface area contributed by atoms with Gasteiger partial charge in [0.25, 0.3) is 0 Å². The second kappa shape index (κ2) is 5.34. The summed E-state index contributed by atoms with van der Waals surface area (Å²) >= 11 is 0. The molecule has 0 aliphatic carbocycles. The second-order valence-electron chi connectivity index (χ2n) is 3.62. The number of hydrogen-bond acceptors (Lipinski definition) is 5. The molecule has 0 aliphatic heterocycles. The van der Waals surface area contributed by atoms with E-state index < -0.39 is 29.5 Å². The lowest BCUT2D eigenvalue weighted by Gasteiger charge is -2.29. The Kier molecular flexibility index (Phi) is 4.74. The Morgan fingerprint density at radius 1 is 1.19 bits per heavy atom. The highest BCUT2D eigenvalue weighted by molar-refractivity contribution is 5.89. The lowest BCUT2D eigenvalue weighted by molar-refractivity contribution is -0.160. The van der Waals surface area contributed by atoms with Gasteiger partial charge in [-0.05, 0) is 13.8 Å². The largest absolute Gasteiger partial charge is 0.469 e. The van der Waals surface area contributed by atoms with Crippen molar-refractivity contribution in [1.29, 1.82) is 0 Å². The van der Waals surface area contributed by atoms with Crippen molar-refractivity contribution < 1.29 is 29.0 Å². The van der Waals surface area contributed by atoms with E-state index in [-0.39, 0.29) is 0 Å². The quantitative estimate of drug-likeness (QED) is 0.662. The molecular formula is C9H15NO6. The molecule has 0 saturated carbocycles. The minimum atomic E-state index is -1.42. The first-order chi connectivity index (χ1) is 7.27. The minimum absolute atomic E-state index is 0.711. The summed E-state index contributed by atoms with van der Waals surface area (Å²) in [4.78, 5) is 33.3. The van der Waals surface area contributed by atoms with Crippen LogP contribution in [0.1, 0.15) is 13.8 Å². The summed E-state index contributed by atoms with van der Waals surface area (Å²) in [7, 11) is 2.26. The van der Waals surface area contributed by atoms with Gasteiger partial charge in [-0.3, -0.25) is 4.79 Å². The number of hydrogen-bond donors (Lipinski definition) is 2. The average molecular weight is 233 g/mol. The van der Waals surface area contributed by atoms with Gasteiger partial charge >= 0.3 is 18.0 Å². The summed E-state index contributed by atoms with van der Waals surface area (Å²) in [6.45, 7) is 2.77. The smallest absolute Gasteiger partial charge is 0.405 e. The standard InChI is InChI=1S/C9H15NO6/c1-9(2,7(12)16-4)5(6(11)15-3)10-8(13)14/h5,10H,1-4H3,(H,13,14). The molecule has 7 nitrogen and oxygen atoms in total. The number of carbonyl (C=O) groups is 3. The van der Waals surface area contributed by atoms with Crippen LogP contribution in [0.15, 0.2) is 0 Å². The van der Waals surface area contributed by atoms with Crippen LogP contribution in [-0.2, 0) is 19.1 Å². The fraction of sp³-hybridized carbons (Fsp3) is 0.667. The fourth-order valence-corrected chi connectivity index (χ4v) is 1.16. The van der Waals surface area contributed by atoms with Gasteiger partial charge in [0.05, 0.1) is 19.6 Å². The first-order valence-electron chi connectivity index (χ1n) is 4.43. The van der Waals surface area contributed by atoms with Crippen LogP contribution in [0.3, 0.4) is 0 Å². The van der Waals surface area contributed by atoms with Crippen LogP contribution in [0, 0.1) is 5.41 Å². The number of nitrogens with one attached hydrogen (secondary N) is 1. The highest BCUT2D eigenvalue weighted by Gasteiger charge is 2.44. The Labute approximate surface area is 92.7 Å². The van der Waals surface area contributed by atoms with Crippen molar-refractivity contribution in [2.45, 2.75) is 19.9 Å². The lowest BCUT2D eigenvalue weighted by Crippen LogP contribution is -2.54. The van der Waals surface area contributed by atoms with Crippen molar-refractivity contribution >= 4 is 18.0 Å². The van der Waals surface area contributed by atoms with E-state index in [1.54, 1.807) is 0 Å². The number of amides is 1. The molecule has 0 aliphatic rings. The third-order valence-corrected chi connectivity index (χ3v) is 2.14. The molecule has 1 atom stereocenters. The molecule has 0 spiro atoms. The van der Waals surface area contributed by atoms with Gasteiger partial charge in [0.1, 0.15) is 6.04 Å². The maximum atomic E-state index is 11.4. The Hall–Kier alpha value is -1.79. The summed E-state index contributed by atoms with van der Waals surface area (Å²) in [5.41, 5.74) is -1.35. The van der Waals surface area contributed by atoms with E-state index in [2.05, 4.69) is 9.47 Å². The third kappa shape index (κ3) is 3.11. The first kappa shape index (κ1) is 14.2. The van der Waals surface area contributed by atoms with Crippen LogP contribution in [0.25, 0.3) is 0 Å². The molecule has 0 aromatic rings. The zero-order valence-corrected chi connectivity index (χ0v) is 9.57. The van der Waals surface area contributed by atoms with Gasteiger partial charge in [0, 0.05) is 0 Å². The molecule has 7 heteroatoms. The predicted molar refractivity (Wildman–Crippen MR) is 52.8 cm³/mol. The van der Waals surface area contributed by atoms with E-state index in [1.165, 1.54) is 13.8 Å². The number of esters is 2. The SMILES string of the molecule is COC(=O)C(NC(=O)O)C(C)(C)C(=O)OC. The molecule has 0 rings (SSSR count). The Balaban J connectivity index is 5.08. The van der Waals surface area contributed by atoms with Crippen molar-refractivity contribution in [3.05, 3.63) is 0 Å². The third-order valence-electron chi connectivity index (χ3n) is 2.14. The normalized spacial score (nSPS) is 12.5. The van der Waals surface area contributed by atoms with Gasteiger partial charge in [-0.2, -0.15) is 0 Å². The van der Waals surface area contributed by atoms with Crippen LogP contribution in [0.5, 0.6) is 0 Å². The highest BCUT2D eigenvalue weighted by Crippen LogP contribution is 2.23. The molecule has 0 radical (unpaired) electrons. The van der Waals surface area contributed by atoms with E-state index >= 15 is 0 Å². The Bertz CT molecular complexity index is 298. The predicted octanol–water partition coefficient (Wildman–Crippen LogP) is -0.00520. The molecule has 1 unspecified atom stereocenters. The molecule has 0 saturated heterocycles. The van der Waals surface area contributed by atoms with E-state index in [4.69, 9.17) is 5.11 Å². The number of ether oxygens (including phenoxy) is 2. The van der Waals surface area contributed by atoms with Gasteiger partial charge < -0.3 is 19.9 Å². The van der Waals surface area contributed by atoms with Gasteiger partial charge in [-0.25, -0.2) is 9.59 Å². The van der Waals surface area contributed by atoms with Gasteiger partial charge in [0.15, 0.2) is 0 Å². The number of methoxy groups -OCH3 is 2. The van der Waals surface area contributed by atoms with Gasteiger partial charge in [-0.15, -0.1) is 0 Å². The fourth-order valence-electron chi connectivity index (χ4n) is 1.16. The van der Waals surface area contributed by atoms with Crippen molar-refractivity contribution in [3.63, 3.8) is 0 Å². The van der Waals surface area contributed by atoms with Gasteiger partial charge in [-0.1, -0.05) is 0 Å². The van der Waals surface area contributed by atoms with Crippen molar-refractivity contribution in [2.24, 2.45) is 5.41 Å². The van der Waals surface area contributed by atoms with Crippen molar-refractivity contribution in [2.75, 3.05) is 14.2 Å². The molecule has 2 N–H and O–H groups in total. The number of carboxylic acid groups (broad SMARTS) is 1. The van der Waals surface area contributed by atoms with Crippen LogP contribution in [0.2, 0.25) is 0 Å². The topological polar surface area (TPSA) is 102 Å².